The number of benzene rings is 2. The third-order valence-corrected chi connectivity index (χ3v) is 3.86. The topological polar surface area (TPSA) is 49.4 Å². The van der Waals surface area contributed by atoms with Crippen LogP contribution in [0.25, 0.3) is 0 Å². The maximum atomic E-state index is 12.1. The van der Waals surface area contributed by atoms with Gasteiger partial charge in [-0.2, -0.15) is 0 Å². The van der Waals surface area contributed by atoms with E-state index in [1.54, 1.807) is 11.9 Å². The molecule has 0 aliphatic heterocycles. The fraction of sp³-hybridized carbons (Fsp3) is 0.263. The van der Waals surface area contributed by atoms with Gasteiger partial charge in [0.25, 0.3) is 0 Å². The average molecular weight is 345 g/mol. The molecule has 0 aliphatic rings. The molecule has 2 amide bonds. The minimum Gasteiger partial charge on any atom is -0.355 e. The summed E-state index contributed by atoms with van der Waals surface area (Å²) in [5, 5.41) is 3.45. The molecule has 0 aromatic heterocycles. The zero-order chi connectivity index (χ0) is 17.4. The first-order chi connectivity index (χ1) is 11.5. The van der Waals surface area contributed by atoms with Gasteiger partial charge in [0.15, 0.2) is 0 Å². The first kappa shape index (κ1) is 18.0. The van der Waals surface area contributed by atoms with Crippen LogP contribution in [0.2, 0.25) is 5.02 Å². The molecule has 24 heavy (non-hydrogen) atoms. The Morgan fingerprint density at radius 2 is 1.75 bits per heavy atom. The number of carbonyl (C=O) groups is 2. The van der Waals surface area contributed by atoms with E-state index in [-0.39, 0.29) is 18.2 Å². The van der Waals surface area contributed by atoms with E-state index in [1.807, 2.05) is 54.6 Å². The number of hydrogen-bond acceptors (Lipinski definition) is 2. The van der Waals surface area contributed by atoms with Gasteiger partial charge >= 0.3 is 0 Å². The number of rotatable bonds is 7. The molecule has 2 aromatic carbocycles. The standard InChI is InChI=1S/C19H21ClN2O2/c1-22(14-16-6-3-2-4-7-16)19(24)13-18(23)21-11-10-15-8-5-9-17(20)12-15/h2-9,12H,10-11,13-14H2,1H3,(H,21,23). The molecule has 0 saturated carbocycles. The molecule has 0 aliphatic carbocycles. The number of halogens is 1. The lowest BCUT2D eigenvalue weighted by molar-refractivity contribution is -0.135. The molecule has 0 heterocycles. The van der Waals surface area contributed by atoms with Crippen molar-refractivity contribution in [3.63, 3.8) is 0 Å². The number of nitrogens with zero attached hydrogens (tertiary/aromatic N) is 1. The van der Waals surface area contributed by atoms with Gasteiger partial charge in [-0.25, -0.2) is 0 Å². The Morgan fingerprint density at radius 3 is 2.46 bits per heavy atom. The molecule has 0 unspecified atom stereocenters. The molecule has 0 bridgehead atoms. The molecular weight excluding hydrogens is 324 g/mol. The monoisotopic (exact) mass is 344 g/mol. The molecule has 1 N–H and O–H groups in total. The van der Waals surface area contributed by atoms with Crippen LogP contribution < -0.4 is 5.32 Å². The zero-order valence-electron chi connectivity index (χ0n) is 13.7. The number of carbonyl (C=O) groups excluding carboxylic acids is 2. The normalized spacial score (nSPS) is 10.2. The lowest BCUT2D eigenvalue weighted by atomic mass is 10.1. The Kier molecular flexibility index (Phi) is 6.82. The van der Waals surface area contributed by atoms with E-state index in [4.69, 9.17) is 11.6 Å². The largest absolute Gasteiger partial charge is 0.355 e. The molecule has 0 atom stereocenters. The van der Waals surface area contributed by atoms with Crippen LogP contribution in [0.1, 0.15) is 17.5 Å². The third-order valence-electron chi connectivity index (χ3n) is 3.62. The summed E-state index contributed by atoms with van der Waals surface area (Å²) in [5.74, 6) is -0.457. The molecular formula is C19H21ClN2O2. The summed E-state index contributed by atoms with van der Waals surface area (Å²) < 4.78 is 0. The smallest absolute Gasteiger partial charge is 0.232 e. The highest BCUT2D eigenvalue weighted by atomic mass is 35.5. The number of hydrogen-bond donors (Lipinski definition) is 1. The minimum absolute atomic E-state index is 0.140. The average Bonchev–Trinajstić information content (AvgIpc) is 2.55. The van der Waals surface area contributed by atoms with Crippen LogP contribution in [-0.4, -0.2) is 30.3 Å². The van der Waals surface area contributed by atoms with E-state index in [1.165, 1.54) is 0 Å². The lowest BCUT2D eigenvalue weighted by Gasteiger charge is -2.17. The summed E-state index contributed by atoms with van der Waals surface area (Å²) in [7, 11) is 1.70. The first-order valence-corrected chi connectivity index (χ1v) is 8.21. The van der Waals surface area contributed by atoms with E-state index in [2.05, 4.69) is 5.32 Å². The maximum absolute atomic E-state index is 12.1. The molecule has 0 radical (unpaired) electrons. The molecule has 126 valence electrons. The molecule has 0 fully saturated rings. The highest BCUT2D eigenvalue weighted by Gasteiger charge is 2.13. The van der Waals surface area contributed by atoms with E-state index in [9.17, 15) is 9.59 Å². The second-order valence-electron chi connectivity index (χ2n) is 5.64. The Morgan fingerprint density at radius 1 is 1.04 bits per heavy atom. The van der Waals surface area contributed by atoms with Gasteiger partial charge in [-0.3, -0.25) is 9.59 Å². The minimum atomic E-state index is -0.262. The predicted molar refractivity (Wildman–Crippen MR) is 95.7 cm³/mol. The zero-order valence-corrected chi connectivity index (χ0v) is 14.4. The summed E-state index contributed by atoms with van der Waals surface area (Å²) in [4.78, 5) is 25.5. The Hall–Kier alpha value is -2.33. The molecule has 0 saturated heterocycles. The molecule has 0 spiro atoms. The van der Waals surface area contributed by atoms with Gasteiger partial charge < -0.3 is 10.2 Å². The second-order valence-corrected chi connectivity index (χ2v) is 6.08. The molecule has 2 rings (SSSR count). The predicted octanol–water partition coefficient (Wildman–Crippen LogP) is 3.05. The second kappa shape index (κ2) is 9.08. The van der Waals surface area contributed by atoms with Gasteiger partial charge in [0, 0.05) is 25.2 Å². The van der Waals surface area contributed by atoms with Crippen LogP contribution >= 0.6 is 11.6 Å². The summed E-state index contributed by atoms with van der Waals surface area (Å²) in [6.07, 6.45) is 0.541. The molecule has 4 nitrogen and oxygen atoms in total. The SMILES string of the molecule is CN(Cc1ccccc1)C(=O)CC(=O)NCCc1cccc(Cl)c1. The van der Waals surface area contributed by atoms with Crippen LogP contribution in [0.3, 0.4) is 0 Å². The molecule has 2 aromatic rings. The van der Waals surface area contributed by atoms with Gasteiger partial charge in [0.1, 0.15) is 6.42 Å². The Labute approximate surface area is 147 Å². The lowest BCUT2D eigenvalue weighted by Crippen LogP contribution is -2.33. The van der Waals surface area contributed by atoms with E-state index in [0.717, 1.165) is 11.1 Å². The van der Waals surface area contributed by atoms with E-state index < -0.39 is 0 Å². The Bertz CT molecular complexity index is 689. The third kappa shape index (κ3) is 6.05. The maximum Gasteiger partial charge on any atom is 0.232 e. The van der Waals surface area contributed by atoms with Crippen molar-refractivity contribution in [3.8, 4) is 0 Å². The van der Waals surface area contributed by atoms with Crippen LogP contribution in [0.15, 0.2) is 54.6 Å². The van der Waals surface area contributed by atoms with Gasteiger partial charge in [-0.05, 0) is 29.7 Å². The van der Waals surface area contributed by atoms with E-state index >= 15 is 0 Å². The van der Waals surface area contributed by atoms with Crippen molar-refractivity contribution in [2.45, 2.75) is 19.4 Å². The highest BCUT2D eigenvalue weighted by molar-refractivity contribution is 6.30. The summed E-state index contributed by atoms with van der Waals surface area (Å²) in [5.41, 5.74) is 2.09. The van der Waals surface area contributed by atoms with Gasteiger partial charge in [0.05, 0.1) is 0 Å². The fourth-order valence-corrected chi connectivity index (χ4v) is 2.53. The number of nitrogens with one attached hydrogen (secondary N) is 1. The van der Waals surface area contributed by atoms with Crippen molar-refractivity contribution < 1.29 is 9.59 Å². The number of amides is 2. The Balaban J connectivity index is 1.72. The van der Waals surface area contributed by atoms with Crippen molar-refractivity contribution in [1.82, 2.24) is 10.2 Å². The van der Waals surface area contributed by atoms with Crippen molar-refractivity contribution >= 4 is 23.4 Å². The van der Waals surface area contributed by atoms with Gasteiger partial charge in [-0.15, -0.1) is 0 Å². The van der Waals surface area contributed by atoms with Crippen LogP contribution in [0, 0.1) is 0 Å². The fourth-order valence-electron chi connectivity index (χ4n) is 2.32. The van der Waals surface area contributed by atoms with Crippen molar-refractivity contribution in [2.75, 3.05) is 13.6 Å². The van der Waals surface area contributed by atoms with Crippen LogP contribution in [0.5, 0.6) is 0 Å². The van der Waals surface area contributed by atoms with Crippen molar-refractivity contribution in [2.24, 2.45) is 0 Å². The summed E-state index contributed by atoms with van der Waals surface area (Å²) in [6, 6.07) is 17.2. The summed E-state index contributed by atoms with van der Waals surface area (Å²) in [6.45, 7) is 0.977. The van der Waals surface area contributed by atoms with Gasteiger partial charge in [-0.1, -0.05) is 54.1 Å². The summed E-state index contributed by atoms with van der Waals surface area (Å²) >= 11 is 5.92. The highest BCUT2D eigenvalue weighted by Crippen LogP contribution is 2.10. The quantitative estimate of drug-likeness (QED) is 0.785. The van der Waals surface area contributed by atoms with Gasteiger partial charge in [0.2, 0.25) is 11.8 Å². The van der Waals surface area contributed by atoms with E-state index in [0.29, 0.717) is 24.5 Å². The molecule has 5 heteroatoms. The van der Waals surface area contributed by atoms with Crippen LogP contribution in [-0.2, 0) is 22.6 Å². The van der Waals surface area contributed by atoms with Crippen molar-refractivity contribution in [1.29, 1.82) is 0 Å². The van der Waals surface area contributed by atoms with Crippen molar-refractivity contribution in [3.05, 3.63) is 70.7 Å². The van der Waals surface area contributed by atoms with Crippen LogP contribution in [0.4, 0.5) is 0 Å². The first-order valence-electron chi connectivity index (χ1n) is 7.83.